The van der Waals surface area contributed by atoms with Crippen molar-refractivity contribution in [2.24, 2.45) is 0 Å². The molecular formula is C23H44O2. The highest BCUT2D eigenvalue weighted by Crippen LogP contribution is 2.11. The van der Waals surface area contributed by atoms with Gasteiger partial charge < -0.3 is 4.74 Å². The van der Waals surface area contributed by atoms with E-state index < -0.39 is 0 Å². The van der Waals surface area contributed by atoms with Crippen LogP contribution in [0.2, 0.25) is 0 Å². The predicted molar refractivity (Wildman–Crippen MR) is 110 cm³/mol. The normalized spacial score (nSPS) is 11.4. The van der Waals surface area contributed by atoms with Crippen LogP contribution in [0.3, 0.4) is 0 Å². The molecular weight excluding hydrogens is 308 g/mol. The Hall–Kier alpha value is -0.630. The Bertz CT molecular complexity index is 296. The maximum Gasteiger partial charge on any atom is 0.132 e. The van der Waals surface area contributed by atoms with E-state index in [0.29, 0.717) is 5.78 Å². The Labute approximate surface area is 157 Å². The number of ether oxygens (including phenoxy) is 1. The third kappa shape index (κ3) is 21.3. The van der Waals surface area contributed by atoms with Gasteiger partial charge in [-0.3, -0.25) is 4.79 Å². The molecule has 0 saturated carbocycles. The van der Waals surface area contributed by atoms with Gasteiger partial charge in [0.1, 0.15) is 5.78 Å². The number of hydrogen-bond acceptors (Lipinski definition) is 2. The molecule has 0 unspecified atom stereocenters. The highest BCUT2D eigenvalue weighted by molar-refractivity contribution is 5.78. The van der Waals surface area contributed by atoms with Crippen LogP contribution in [0.4, 0.5) is 0 Å². The lowest BCUT2D eigenvalue weighted by Gasteiger charge is -2.02. The Morgan fingerprint density at radius 3 is 1.72 bits per heavy atom. The smallest absolute Gasteiger partial charge is 0.132 e. The average molecular weight is 353 g/mol. The summed E-state index contributed by atoms with van der Waals surface area (Å²) in [6, 6.07) is 0. The van der Waals surface area contributed by atoms with Gasteiger partial charge in [0.2, 0.25) is 0 Å². The fourth-order valence-electron chi connectivity index (χ4n) is 3.09. The molecule has 0 heterocycles. The van der Waals surface area contributed by atoms with E-state index in [1.807, 2.05) is 0 Å². The van der Waals surface area contributed by atoms with E-state index in [9.17, 15) is 4.79 Å². The monoisotopic (exact) mass is 352 g/mol. The van der Waals surface area contributed by atoms with Crippen LogP contribution in [0, 0.1) is 0 Å². The number of hydrogen-bond donors (Lipinski definition) is 0. The second kappa shape index (κ2) is 21.4. The first kappa shape index (κ1) is 24.4. The minimum atomic E-state index is 0.439. The first-order valence-corrected chi connectivity index (χ1v) is 11.0. The van der Waals surface area contributed by atoms with Crippen molar-refractivity contribution in [1.29, 1.82) is 0 Å². The second-order valence-corrected chi connectivity index (χ2v) is 7.32. The molecule has 0 bridgehead atoms. The van der Waals surface area contributed by atoms with Crippen molar-refractivity contribution >= 4 is 5.78 Å². The lowest BCUT2D eigenvalue weighted by Crippen LogP contribution is -1.99. The number of methoxy groups -OCH3 is 1. The van der Waals surface area contributed by atoms with Crippen LogP contribution in [0.25, 0.3) is 0 Å². The highest BCUT2D eigenvalue weighted by atomic mass is 16.5. The van der Waals surface area contributed by atoms with Crippen molar-refractivity contribution in [3.8, 4) is 0 Å². The average Bonchev–Trinajstić information content (AvgIpc) is 2.62. The predicted octanol–water partition coefficient (Wildman–Crippen LogP) is 7.41. The van der Waals surface area contributed by atoms with E-state index in [1.54, 1.807) is 7.11 Å². The van der Waals surface area contributed by atoms with Crippen molar-refractivity contribution < 1.29 is 9.53 Å². The van der Waals surface area contributed by atoms with Crippen LogP contribution in [-0.2, 0) is 9.53 Å². The molecule has 0 aromatic rings. The van der Waals surface area contributed by atoms with Gasteiger partial charge in [-0.2, -0.15) is 0 Å². The summed E-state index contributed by atoms with van der Waals surface area (Å²) in [7, 11) is 1.72. The van der Waals surface area contributed by atoms with Gasteiger partial charge in [0.15, 0.2) is 0 Å². The van der Waals surface area contributed by atoms with Crippen LogP contribution in [0.1, 0.15) is 116 Å². The summed E-state index contributed by atoms with van der Waals surface area (Å²) in [6.45, 7) is 3.05. The molecule has 0 aliphatic carbocycles. The molecule has 0 aromatic carbocycles. The van der Waals surface area contributed by atoms with Crippen molar-refractivity contribution in [2.45, 2.75) is 116 Å². The van der Waals surface area contributed by atoms with E-state index in [1.165, 1.54) is 77.0 Å². The molecule has 2 nitrogen and oxygen atoms in total. The lowest BCUT2D eigenvalue weighted by atomic mass is 10.0. The Balaban J connectivity index is 3.17. The van der Waals surface area contributed by atoms with Gasteiger partial charge in [0.05, 0.1) is 0 Å². The lowest BCUT2D eigenvalue weighted by molar-refractivity contribution is -0.119. The second-order valence-electron chi connectivity index (χ2n) is 7.32. The molecule has 0 atom stereocenters. The van der Waals surface area contributed by atoms with Crippen molar-refractivity contribution in [1.82, 2.24) is 0 Å². The maximum atomic E-state index is 11.7. The number of carbonyl (C=O) groups excluding carboxylic acids is 1. The van der Waals surface area contributed by atoms with Gasteiger partial charge >= 0.3 is 0 Å². The summed E-state index contributed by atoms with van der Waals surface area (Å²) in [6.07, 6.45) is 25.3. The van der Waals surface area contributed by atoms with Crippen LogP contribution >= 0.6 is 0 Å². The quantitative estimate of drug-likeness (QED) is 0.168. The number of unbranched alkanes of at least 4 members (excludes halogenated alkanes) is 12. The topological polar surface area (TPSA) is 26.3 Å². The standard InChI is InChI=1S/C23H44O2/c1-3-4-5-6-7-8-9-10-11-12-13-14-15-16-17-20-23(24)21-18-19-22-25-2/h10-11H,3-9,12-22H2,1-2H3/b11-10-. The molecule has 2 heteroatoms. The van der Waals surface area contributed by atoms with Gasteiger partial charge in [0, 0.05) is 26.6 Å². The van der Waals surface area contributed by atoms with Gasteiger partial charge in [-0.15, -0.1) is 0 Å². The van der Waals surface area contributed by atoms with Crippen LogP contribution < -0.4 is 0 Å². The molecule has 0 rings (SSSR count). The first-order chi connectivity index (χ1) is 12.3. The number of ketones is 1. The van der Waals surface area contributed by atoms with Gasteiger partial charge in [-0.25, -0.2) is 0 Å². The molecule has 148 valence electrons. The van der Waals surface area contributed by atoms with E-state index in [-0.39, 0.29) is 0 Å². The van der Waals surface area contributed by atoms with E-state index in [0.717, 1.165) is 38.7 Å². The van der Waals surface area contributed by atoms with Crippen molar-refractivity contribution in [3.05, 3.63) is 12.2 Å². The SMILES string of the molecule is CCCCCCCC/C=C\CCCCCCCC(=O)CCCCOC. The molecule has 0 aliphatic heterocycles. The summed E-state index contributed by atoms with van der Waals surface area (Å²) in [5, 5.41) is 0. The zero-order chi connectivity index (χ0) is 18.4. The molecule has 0 amide bonds. The summed E-state index contributed by atoms with van der Waals surface area (Å²) in [5.74, 6) is 0.439. The number of carbonyl (C=O) groups is 1. The number of allylic oxidation sites excluding steroid dienone is 2. The number of Topliss-reactive ketones (excluding diaryl/α,β-unsaturated/α-hetero) is 1. The fraction of sp³-hybridized carbons (Fsp3) is 0.870. The zero-order valence-electron chi connectivity index (χ0n) is 17.2. The largest absolute Gasteiger partial charge is 0.385 e. The third-order valence-corrected chi connectivity index (χ3v) is 4.77. The molecule has 25 heavy (non-hydrogen) atoms. The first-order valence-electron chi connectivity index (χ1n) is 11.0. The molecule has 0 aliphatic rings. The minimum absolute atomic E-state index is 0.439. The zero-order valence-corrected chi connectivity index (χ0v) is 17.2. The fourth-order valence-corrected chi connectivity index (χ4v) is 3.09. The molecule has 0 aromatic heterocycles. The van der Waals surface area contributed by atoms with E-state index in [2.05, 4.69) is 19.1 Å². The van der Waals surface area contributed by atoms with E-state index in [4.69, 9.17) is 4.74 Å². The van der Waals surface area contributed by atoms with Crippen LogP contribution in [0.5, 0.6) is 0 Å². The Kier molecular flexibility index (Phi) is 20.9. The van der Waals surface area contributed by atoms with Crippen molar-refractivity contribution in [2.75, 3.05) is 13.7 Å². The maximum absolute atomic E-state index is 11.7. The summed E-state index contributed by atoms with van der Waals surface area (Å²) >= 11 is 0. The van der Waals surface area contributed by atoms with Gasteiger partial charge in [-0.05, 0) is 44.9 Å². The Morgan fingerprint density at radius 2 is 1.16 bits per heavy atom. The molecule has 0 saturated heterocycles. The third-order valence-electron chi connectivity index (χ3n) is 4.77. The highest BCUT2D eigenvalue weighted by Gasteiger charge is 2.01. The number of rotatable bonds is 20. The molecule has 0 spiro atoms. The summed E-state index contributed by atoms with van der Waals surface area (Å²) in [4.78, 5) is 11.7. The Morgan fingerprint density at radius 1 is 0.680 bits per heavy atom. The van der Waals surface area contributed by atoms with Crippen LogP contribution in [-0.4, -0.2) is 19.5 Å². The van der Waals surface area contributed by atoms with E-state index >= 15 is 0 Å². The van der Waals surface area contributed by atoms with Gasteiger partial charge in [0.25, 0.3) is 0 Å². The molecule has 0 N–H and O–H groups in total. The molecule has 0 fully saturated rings. The minimum Gasteiger partial charge on any atom is -0.385 e. The van der Waals surface area contributed by atoms with Gasteiger partial charge in [-0.1, -0.05) is 70.4 Å². The van der Waals surface area contributed by atoms with Crippen LogP contribution in [0.15, 0.2) is 12.2 Å². The molecule has 0 radical (unpaired) electrons. The summed E-state index contributed by atoms with van der Waals surface area (Å²) < 4.78 is 5.00. The van der Waals surface area contributed by atoms with Crippen molar-refractivity contribution in [3.63, 3.8) is 0 Å². The summed E-state index contributed by atoms with van der Waals surface area (Å²) in [5.41, 5.74) is 0.